The molecule has 3 rings (SSSR count). The number of aromatic nitrogens is 2. The summed E-state index contributed by atoms with van der Waals surface area (Å²) in [5.74, 6) is -0.353. The molecular weight excluding hydrogens is 448 g/mol. The molecule has 1 N–H and O–H groups in total. The van der Waals surface area contributed by atoms with Gasteiger partial charge in [-0.15, -0.1) is 0 Å². The number of rotatable bonds is 5. The van der Waals surface area contributed by atoms with Gasteiger partial charge >= 0.3 is 0 Å². The first-order chi connectivity index (χ1) is 13.1. The molecule has 0 radical (unpaired) electrons. The summed E-state index contributed by atoms with van der Waals surface area (Å²) in [4.78, 5) is -0.194. The molecule has 5 nitrogen and oxygen atoms in total. The van der Waals surface area contributed by atoms with Crippen molar-refractivity contribution in [1.82, 2.24) is 9.78 Å². The third-order valence-corrected chi connectivity index (χ3v) is 6.64. The predicted molar refractivity (Wildman–Crippen MR) is 109 cm³/mol. The van der Waals surface area contributed by atoms with Gasteiger partial charge in [0.15, 0.2) is 0 Å². The number of sulfonamides is 1. The lowest BCUT2D eigenvalue weighted by molar-refractivity contribution is 0.601. The molecule has 0 saturated carbocycles. The minimum absolute atomic E-state index is 0.0515. The Bertz CT molecular complexity index is 1160. The smallest absolute Gasteiger partial charge is 0.263 e. The van der Waals surface area contributed by atoms with Gasteiger partial charge in [-0.05, 0) is 43.7 Å². The molecule has 3 aromatic rings. The molecule has 0 saturated heterocycles. The van der Waals surface area contributed by atoms with E-state index in [9.17, 15) is 12.8 Å². The Morgan fingerprint density at radius 1 is 1.07 bits per heavy atom. The van der Waals surface area contributed by atoms with E-state index in [1.165, 1.54) is 24.3 Å². The molecule has 28 heavy (non-hydrogen) atoms. The van der Waals surface area contributed by atoms with Crippen LogP contribution in [0.4, 0.5) is 10.1 Å². The molecule has 0 atom stereocenters. The molecular formula is C18H15Cl3FN3O2S. The topological polar surface area (TPSA) is 64.0 Å². The number of aryl methyl sites for hydroxylation is 1. The van der Waals surface area contributed by atoms with Crippen LogP contribution < -0.4 is 4.72 Å². The molecule has 10 heteroatoms. The number of nitrogens with one attached hydrogen (secondary N) is 1. The third kappa shape index (κ3) is 4.27. The molecule has 0 bridgehead atoms. The Kier molecular flexibility index (Phi) is 5.91. The van der Waals surface area contributed by atoms with Crippen LogP contribution in [0.2, 0.25) is 15.1 Å². The van der Waals surface area contributed by atoms with E-state index in [0.29, 0.717) is 29.2 Å². The molecule has 2 aromatic carbocycles. The first-order valence-electron chi connectivity index (χ1n) is 8.04. The van der Waals surface area contributed by atoms with Gasteiger partial charge in [0.05, 0.1) is 38.7 Å². The normalized spacial score (nSPS) is 11.6. The van der Waals surface area contributed by atoms with Crippen LogP contribution in [0.25, 0.3) is 0 Å². The molecule has 0 fully saturated rings. The van der Waals surface area contributed by atoms with Gasteiger partial charge in [0.1, 0.15) is 10.7 Å². The van der Waals surface area contributed by atoms with E-state index in [0.717, 1.165) is 0 Å². The number of halogens is 4. The maximum Gasteiger partial charge on any atom is 0.263 e. The van der Waals surface area contributed by atoms with E-state index in [1.54, 1.807) is 30.7 Å². The fourth-order valence-corrected chi connectivity index (χ4v) is 4.89. The number of nitrogens with zero attached hydrogens (tertiary/aromatic N) is 2. The predicted octanol–water partition coefficient (Wildman–Crippen LogP) is 5.45. The largest absolute Gasteiger partial charge is 0.276 e. The van der Waals surface area contributed by atoms with Gasteiger partial charge in [-0.25, -0.2) is 12.8 Å². The second kappa shape index (κ2) is 7.91. The minimum atomic E-state index is -4.03. The Labute approximate surface area is 177 Å². The molecule has 0 amide bonds. The quantitative estimate of drug-likeness (QED) is 0.513. The summed E-state index contributed by atoms with van der Waals surface area (Å²) < 4.78 is 43.1. The number of anilines is 1. The summed E-state index contributed by atoms with van der Waals surface area (Å²) in [6.45, 7) is 3.68. The average Bonchev–Trinajstić information content (AvgIpc) is 2.85. The van der Waals surface area contributed by atoms with Crippen LogP contribution in [-0.2, 0) is 16.6 Å². The highest BCUT2D eigenvalue weighted by molar-refractivity contribution is 7.92. The Morgan fingerprint density at radius 3 is 2.43 bits per heavy atom. The molecule has 0 aliphatic carbocycles. The van der Waals surface area contributed by atoms with Crippen molar-refractivity contribution in [3.05, 3.63) is 74.2 Å². The van der Waals surface area contributed by atoms with Crippen molar-refractivity contribution in [2.45, 2.75) is 25.3 Å². The molecule has 0 aliphatic rings. The summed E-state index contributed by atoms with van der Waals surface area (Å²) in [5.41, 5.74) is 2.06. The number of hydrogen-bond donors (Lipinski definition) is 1. The fraction of sp³-hybridized carbons (Fsp3) is 0.167. The van der Waals surface area contributed by atoms with Crippen molar-refractivity contribution in [2.75, 3.05) is 4.72 Å². The highest BCUT2D eigenvalue weighted by Gasteiger charge is 2.23. The van der Waals surface area contributed by atoms with Crippen LogP contribution in [0.3, 0.4) is 0 Å². The summed E-state index contributed by atoms with van der Waals surface area (Å²) in [6.07, 6.45) is 0. The lowest BCUT2D eigenvalue weighted by Crippen LogP contribution is -2.15. The molecule has 1 aromatic heterocycles. The first kappa shape index (κ1) is 20.9. The lowest BCUT2D eigenvalue weighted by atomic mass is 10.2. The third-order valence-electron chi connectivity index (χ3n) is 4.10. The van der Waals surface area contributed by atoms with E-state index in [1.807, 2.05) is 0 Å². The number of hydrogen-bond acceptors (Lipinski definition) is 3. The molecule has 0 aliphatic heterocycles. The van der Waals surface area contributed by atoms with Crippen molar-refractivity contribution < 1.29 is 12.8 Å². The summed E-state index contributed by atoms with van der Waals surface area (Å²) in [5, 5.41) is 4.53. The Balaban J connectivity index is 1.95. The zero-order valence-corrected chi connectivity index (χ0v) is 17.9. The van der Waals surface area contributed by atoms with Crippen LogP contribution >= 0.6 is 34.8 Å². The van der Waals surface area contributed by atoms with Gasteiger partial charge in [0, 0.05) is 0 Å². The van der Waals surface area contributed by atoms with E-state index in [-0.39, 0.29) is 25.8 Å². The summed E-state index contributed by atoms with van der Waals surface area (Å²) in [6, 6.07) is 8.58. The van der Waals surface area contributed by atoms with E-state index < -0.39 is 10.0 Å². The van der Waals surface area contributed by atoms with Crippen LogP contribution in [0.5, 0.6) is 0 Å². The second-order valence-corrected chi connectivity index (χ2v) is 9.01. The van der Waals surface area contributed by atoms with Gasteiger partial charge in [-0.2, -0.15) is 5.10 Å². The van der Waals surface area contributed by atoms with Crippen molar-refractivity contribution in [3.8, 4) is 0 Å². The van der Waals surface area contributed by atoms with Crippen LogP contribution in [0, 0.1) is 19.7 Å². The van der Waals surface area contributed by atoms with Gasteiger partial charge < -0.3 is 0 Å². The highest BCUT2D eigenvalue weighted by atomic mass is 35.5. The average molecular weight is 463 g/mol. The number of benzene rings is 2. The Morgan fingerprint density at radius 2 is 1.75 bits per heavy atom. The van der Waals surface area contributed by atoms with Crippen LogP contribution in [0.15, 0.2) is 41.3 Å². The lowest BCUT2D eigenvalue weighted by Gasteiger charge is -2.11. The van der Waals surface area contributed by atoms with Crippen molar-refractivity contribution >= 4 is 50.5 Å². The minimum Gasteiger partial charge on any atom is -0.276 e. The van der Waals surface area contributed by atoms with Crippen LogP contribution in [0.1, 0.15) is 17.0 Å². The van der Waals surface area contributed by atoms with Crippen molar-refractivity contribution in [1.29, 1.82) is 0 Å². The molecule has 148 valence electrons. The summed E-state index contributed by atoms with van der Waals surface area (Å²) >= 11 is 17.8. The van der Waals surface area contributed by atoms with Gasteiger partial charge in [0.25, 0.3) is 10.0 Å². The monoisotopic (exact) mass is 461 g/mol. The highest BCUT2D eigenvalue weighted by Crippen LogP contribution is 2.33. The zero-order valence-electron chi connectivity index (χ0n) is 14.8. The maximum absolute atomic E-state index is 13.4. The van der Waals surface area contributed by atoms with E-state index in [2.05, 4.69) is 9.82 Å². The van der Waals surface area contributed by atoms with E-state index in [4.69, 9.17) is 34.8 Å². The fourth-order valence-electron chi connectivity index (χ4n) is 2.71. The standard InChI is InChI=1S/C18H15Cl3FN3O2S/c1-10-18(11(2)25(23-10)9-12-4-3-5-13(22)6-12)24-28(26,27)17-8-15(20)14(19)7-16(17)21/h3-8,24H,9H2,1-2H3. The SMILES string of the molecule is Cc1nn(Cc2cccc(F)c2)c(C)c1NS(=O)(=O)c1cc(Cl)c(Cl)cc1Cl. The van der Waals surface area contributed by atoms with Crippen molar-refractivity contribution in [3.63, 3.8) is 0 Å². The molecule has 0 unspecified atom stereocenters. The van der Waals surface area contributed by atoms with Crippen molar-refractivity contribution in [2.24, 2.45) is 0 Å². The van der Waals surface area contributed by atoms with Gasteiger partial charge in [0.2, 0.25) is 0 Å². The molecule has 1 heterocycles. The van der Waals surface area contributed by atoms with Gasteiger partial charge in [-0.1, -0.05) is 46.9 Å². The maximum atomic E-state index is 13.4. The first-order valence-corrected chi connectivity index (χ1v) is 10.7. The summed E-state index contributed by atoms with van der Waals surface area (Å²) in [7, 11) is -4.03. The second-order valence-electron chi connectivity index (χ2n) is 6.14. The van der Waals surface area contributed by atoms with E-state index >= 15 is 0 Å². The van der Waals surface area contributed by atoms with Gasteiger partial charge in [-0.3, -0.25) is 9.40 Å². The molecule has 0 spiro atoms. The zero-order chi connectivity index (χ0) is 20.6. The Hall–Kier alpha value is -1.80. The van der Waals surface area contributed by atoms with Crippen LogP contribution in [-0.4, -0.2) is 18.2 Å².